The Morgan fingerprint density at radius 2 is 0.981 bits per heavy atom. The number of esters is 1. The third-order valence-electron chi connectivity index (χ3n) is 9.45. The summed E-state index contributed by atoms with van der Waals surface area (Å²) in [5, 5.41) is 12.7. The molecule has 0 spiro atoms. The van der Waals surface area contributed by atoms with Crippen LogP contribution in [0.25, 0.3) is 0 Å². The van der Waals surface area contributed by atoms with Gasteiger partial charge in [-0.05, 0) is 38.5 Å². The quantitative estimate of drug-likeness (QED) is 0.0243. The lowest BCUT2D eigenvalue weighted by molar-refractivity contribution is -0.147. The SMILES string of the molecule is CCCCCCCC/C=C\CCCCCCCCCC(=O)OCC(O)COP(=O)(O)OCCNC(=O)CCCCCCCCCCCCCCCC. The number of allylic oxidation sites excluding steroid dienone is 2. The van der Waals surface area contributed by atoms with E-state index in [9.17, 15) is 24.2 Å². The molecule has 308 valence electrons. The molecule has 52 heavy (non-hydrogen) atoms. The molecule has 0 bridgehead atoms. The van der Waals surface area contributed by atoms with E-state index >= 15 is 0 Å². The Labute approximate surface area is 319 Å². The summed E-state index contributed by atoms with van der Waals surface area (Å²) in [6.07, 6.45) is 39.9. The number of aliphatic hydroxyl groups is 1. The van der Waals surface area contributed by atoms with E-state index in [4.69, 9.17) is 13.8 Å². The van der Waals surface area contributed by atoms with Crippen LogP contribution in [0.2, 0.25) is 0 Å². The number of amides is 1. The van der Waals surface area contributed by atoms with E-state index in [1.54, 1.807) is 0 Å². The molecule has 0 aliphatic heterocycles. The summed E-state index contributed by atoms with van der Waals surface area (Å²) in [5.74, 6) is -0.513. The van der Waals surface area contributed by atoms with Crippen molar-refractivity contribution in [3.8, 4) is 0 Å². The van der Waals surface area contributed by atoms with Crippen molar-refractivity contribution >= 4 is 19.7 Å². The lowest BCUT2D eigenvalue weighted by atomic mass is 10.0. The molecule has 0 heterocycles. The number of carbonyl (C=O) groups excluding carboxylic acids is 2. The first kappa shape index (κ1) is 50.8. The number of phosphoric ester groups is 1. The van der Waals surface area contributed by atoms with Gasteiger partial charge in [0.1, 0.15) is 12.7 Å². The number of unbranched alkanes of at least 4 members (excludes halogenated alkanes) is 26. The molecule has 2 unspecified atom stereocenters. The van der Waals surface area contributed by atoms with Gasteiger partial charge in [0, 0.05) is 19.4 Å². The van der Waals surface area contributed by atoms with Crippen molar-refractivity contribution in [2.45, 2.75) is 219 Å². The maximum atomic E-state index is 12.1. The third-order valence-corrected chi connectivity index (χ3v) is 10.4. The predicted molar refractivity (Wildman–Crippen MR) is 215 cm³/mol. The molecule has 1 amide bonds. The fraction of sp³-hybridized carbons (Fsp3) is 0.905. The molecule has 0 radical (unpaired) electrons. The van der Waals surface area contributed by atoms with E-state index in [0.717, 1.165) is 38.5 Å². The van der Waals surface area contributed by atoms with Gasteiger partial charge in [-0.15, -0.1) is 0 Å². The normalized spacial score (nSPS) is 13.4. The van der Waals surface area contributed by atoms with Crippen LogP contribution in [0.15, 0.2) is 12.2 Å². The maximum absolute atomic E-state index is 12.1. The Morgan fingerprint density at radius 3 is 1.44 bits per heavy atom. The fourth-order valence-electron chi connectivity index (χ4n) is 6.14. The zero-order valence-electron chi connectivity index (χ0n) is 33.8. The van der Waals surface area contributed by atoms with Gasteiger partial charge >= 0.3 is 13.8 Å². The minimum Gasteiger partial charge on any atom is -0.463 e. The lowest BCUT2D eigenvalue weighted by Gasteiger charge is -2.15. The molecule has 0 aromatic carbocycles. The van der Waals surface area contributed by atoms with E-state index < -0.39 is 26.5 Å². The van der Waals surface area contributed by atoms with Gasteiger partial charge in [0.2, 0.25) is 5.91 Å². The van der Waals surface area contributed by atoms with Crippen LogP contribution in [0.4, 0.5) is 0 Å². The van der Waals surface area contributed by atoms with Gasteiger partial charge in [0.15, 0.2) is 0 Å². The fourth-order valence-corrected chi connectivity index (χ4v) is 6.90. The summed E-state index contributed by atoms with van der Waals surface area (Å²) in [6.45, 7) is 3.57. The second-order valence-corrected chi connectivity index (χ2v) is 16.1. The van der Waals surface area contributed by atoms with Crippen molar-refractivity contribution in [3.05, 3.63) is 12.2 Å². The minimum atomic E-state index is -4.41. The standard InChI is InChI=1S/C42H82NO8P/c1-3-5-7-9-11-13-15-17-19-20-21-23-25-27-29-31-33-35-42(46)49-38-40(44)39-51-52(47,48)50-37-36-43-41(45)34-32-30-28-26-24-22-18-16-14-12-10-8-6-4-2/h17,19,40,44H,3-16,18,20-39H2,1-2H3,(H,43,45)(H,47,48)/b19-17-. The summed E-state index contributed by atoms with van der Waals surface area (Å²) < 4.78 is 26.9. The number of phosphoric acid groups is 1. The van der Waals surface area contributed by atoms with Crippen molar-refractivity contribution in [1.29, 1.82) is 0 Å². The van der Waals surface area contributed by atoms with Gasteiger partial charge in [-0.1, -0.05) is 174 Å². The van der Waals surface area contributed by atoms with Crippen LogP contribution in [-0.4, -0.2) is 54.3 Å². The van der Waals surface area contributed by atoms with Gasteiger partial charge in [0.05, 0.1) is 13.2 Å². The number of ether oxygens (including phenoxy) is 1. The van der Waals surface area contributed by atoms with Gasteiger partial charge < -0.3 is 20.1 Å². The van der Waals surface area contributed by atoms with Gasteiger partial charge in [-0.3, -0.25) is 18.6 Å². The van der Waals surface area contributed by atoms with Crippen molar-refractivity contribution in [3.63, 3.8) is 0 Å². The molecule has 9 nitrogen and oxygen atoms in total. The Hall–Kier alpha value is -1.25. The molecule has 10 heteroatoms. The van der Waals surface area contributed by atoms with Crippen LogP contribution >= 0.6 is 7.82 Å². The summed E-state index contributed by atoms with van der Waals surface area (Å²) in [4.78, 5) is 33.9. The summed E-state index contributed by atoms with van der Waals surface area (Å²) in [5.41, 5.74) is 0. The molecule has 3 N–H and O–H groups in total. The van der Waals surface area contributed by atoms with Gasteiger partial charge in [-0.25, -0.2) is 4.57 Å². The maximum Gasteiger partial charge on any atom is 0.472 e. The van der Waals surface area contributed by atoms with E-state index in [2.05, 4.69) is 31.3 Å². The van der Waals surface area contributed by atoms with Crippen LogP contribution in [0, 0.1) is 0 Å². The molecule has 0 aromatic heterocycles. The van der Waals surface area contributed by atoms with Crippen LogP contribution in [-0.2, 0) is 27.9 Å². The number of aliphatic hydroxyl groups excluding tert-OH is 1. The highest BCUT2D eigenvalue weighted by Crippen LogP contribution is 2.42. The predicted octanol–water partition coefficient (Wildman–Crippen LogP) is 11.8. The van der Waals surface area contributed by atoms with Crippen LogP contribution in [0.5, 0.6) is 0 Å². The topological polar surface area (TPSA) is 131 Å². The highest BCUT2D eigenvalue weighted by Gasteiger charge is 2.23. The monoisotopic (exact) mass is 760 g/mol. The summed E-state index contributed by atoms with van der Waals surface area (Å²) >= 11 is 0. The molecule has 0 aliphatic rings. The Morgan fingerprint density at radius 1 is 0.577 bits per heavy atom. The summed E-state index contributed by atoms with van der Waals surface area (Å²) in [6, 6.07) is 0. The van der Waals surface area contributed by atoms with Crippen LogP contribution < -0.4 is 5.32 Å². The highest BCUT2D eigenvalue weighted by molar-refractivity contribution is 7.47. The average Bonchev–Trinajstić information content (AvgIpc) is 3.13. The van der Waals surface area contributed by atoms with E-state index in [1.165, 1.54) is 148 Å². The summed E-state index contributed by atoms with van der Waals surface area (Å²) in [7, 11) is -4.41. The van der Waals surface area contributed by atoms with Crippen LogP contribution in [0.1, 0.15) is 213 Å². The minimum absolute atomic E-state index is 0.0858. The van der Waals surface area contributed by atoms with Crippen molar-refractivity contribution in [2.75, 3.05) is 26.4 Å². The Kier molecular flexibility index (Phi) is 38.5. The van der Waals surface area contributed by atoms with E-state index in [1.807, 2.05) is 0 Å². The smallest absolute Gasteiger partial charge is 0.463 e. The first-order valence-corrected chi connectivity index (χ1v) is 23.2. The van der Waals surface area contributed by atoms with Crippen molar-refractivity contribution in [1.82, 2.24) is 5.32 Å². The average molecular weight is 760 g/mol. The molecule has 0 aliphatic carbocycles. The Bertz CT molecular complexity index is 871. The lowest BCUT2D eigenvalue weighted by Crippen LogP contribution is -2.27. The van der Waals surface area contributed by atoms with Crippen molar-refractivity contribution < 1.29 is 37.9 Å². The zero-order chi connectivity index (χ0) is 38.2. The first-order valence-electron chi connectivity index (χ1n) is 21.7. The second kappa shape index (κ2) is 39.4. The second-order valence-electron chi connectivity index (χ2n) is 14.7. The van der Waals surface area contributed by atoms with Crippen molar-refractivity contribution in [2.24, 2.45) is 0 Å². The molecule has 0 saturated carbocycles. The molecule has 0 rings (SSSR count). The van der Waals surface area contributed by atoms with Gasteiger partial charge in [-0.2, -0.15) is 0 Å². The molecular weight excluding hydrogens is 677 g/mol. The Balaban J connectivity index is 3.58. The highest BCUT2D eigenvalue weighted by atomic mass is 31.2. The molecule has 0 fully saturated rings. The number of nitrogens with one attached hydrogen (secondary N) is 1. The number of hydrogen-bond acceptors (Lipinski definition) is 7. The molecule has 2 atom stereocenters. The van der Waals surface area contributed by atoms with Crippen LogP contribution in [0.3, 0.4) is 0 Å². The molecule has 0 aromatic rings. The first-order chi connectivity index (χ1) is 25.3. The number of carbonyl (C=O) groups is 2. The number of rotatable bonds is 41. The largest absolute Gasteiger partial charge is 0.472 e. The van der Waals surface area contributed by atoms with E-state index in [0.29, 0.717) is 6.42 Å². The third kappa shape index (κ3) is 39.9. The van der Waals surface area contributed by atoms with E-state index in [-0.39, 0.29) is 32.1 Å². The molecular formula is C42H82NO8P. The molecule has 0 saturated heterocycles. The zero-order valence-corrected chi connectivity index (χ0v) is 34.7. The van der Waals surface area contributed by atoms with Gasteiger partial charge in [0.25, 0.3) is 0 Å². The number of hydrogen-bond donors (Lipinski definition) is 3.